The summed E-state index contributed by atoms with van der Waals surface area (Å²) in [5, 5.41) is 9.23. The number of nitrogens with zero attached hydrogens (tertiary/aromatic N) is 2. The topological polar surface area (TPSA) is 64.4 Å². The molecular weight excluding hydrogens is 283 g/mol. The van der Waals surface area contributed by atoms with E-state index in [0.717, 1.165) is 17.5 Å². The van der Waals surface area contributed by atoms with Crippen molar-refractivity contribution < 1.29 is 19.0 Å². The monoisotopic (exact) mass is 296 g/mol. The average molecular weight is 296 g/mol. The van der Waals surface area contributed by atoms with Gasteiger partial charge < -0.3 is 9.84 Å². The van der Waals surface area contributed by atoms with E-state index in [1.54, 1.807) is 23.8 Å². The summed E-state index contributed by atoms with van der Waals surface area (Å²) in [5.74, 6) is -1.35. The van der Waals surface area contributed by atoms with Gasteiger partial charge in [0.25, 0.3) is 0 Å². The molecule has 0 aliphatic carbocycles. The Kier molecular flexibility index (Phi) is 4.29. The molecule has 0 radical (unpaired) electrons. The number of methoxy groups -OCH3 is 1. The third-order valence-corrected chi connectivity index (χ3v) is 3.47. The molecule has 0 unspecified atom stereocenters. The predicted octanol–water partition coefficient (Wildman–Crippen LogP) is 2.51. The lowest BCUT2D eigenvalue weighted by atomic mass is 10.3. The number of rotatable bonds is 5. The first-order valence-corrected chi connectivity index (χ1v) is 6.74. The molecule has 0 saturated heterocycles. The first-order valence-electron chi connectivity index (χ1n) is 5.75. The second-order valence-corrected chi connectivity index (χ2v) is 4.98. The lowest BCUT2D eigenvalue weighted by molar-refractivity contribution is -0.133. The molecule has 20 heavy (non-hydrogen) atoms. The highest BCUT2D eigenvalue weighted by Gasteiger charge is 2.12. The second-order valence-electron chi connectivity index (χ2n) is 4.04. The van der Waals surface area contributed by atoms with Crippen LogP contribution in [0.2, 0.25) is 0 Å². The van der Waals surface area contributed by atoms with Crippen LogP contribution in [-0.2, 0) is 4.79 Å². The molecular formula is C13H13FN2O3S. The normalized spacial score (nSPS) is 10.6. The molecule has 0 amide bonds. The minimum atomic E-state index is -0.928. The zero-order valence-electron chi connectivity index (χ0n) is 11.0. The summed E-state index contributed by atoms with van der Waals surface area (Å²) in [6.45, 7) is 1.79. The summed E-state index contributed by atoms with van der Waals surface area (Å²) in [6, 6.07) is 4.53. The van der Waals surface area contributed by atoms with E-state index in [1.165, 1.54) is 19.2 Å². The highest BCUT2D eigenvalue weighted by Crippen LogP contribution is 2.25. The SMILES string of the molecule is COc1ccc(-n2cc(C)nc2SCC(=O)O)cc1F. The number of benzene rings is 1. The van der Waals surface area contributed by atoms with Crippen molar-refractivity contribution in [2.45, 2.75) is 12.1 Å². The summed E-state index contributed by atoms with van der Waals surface area (Å²) in [5.41, 5.74) is 1.30. The van der Waals surface area contributed by atoms with Gasteiger partial charge in [0, 0.05) is 12.3 Å². The van der Waals surface area contributed by atoms with Gasteiger partial charge in [-0.1, -0.05) is 11.8 Å². The molecule has 1 N–H and O–H groups in total. The van der Waals surface area contributed by atoms with Crippen molar-refractivity contribution in [1.29, 1.82) is 0 Å². The summed E-state index contributed by atoms with van der Waals surface area (Å²) in [7, 11) is 1.40. The number of aliphatic carboxylic acids is 1. The van der Waals surface area contributed by atoms with Crippen molar-refractivity contribution in [1.82, 2.24) is 9.55 Å². The first-order chi connectivity index (χ1) is 9.51. The summed E-state index contributed by atoms with van der Waals surface area (Å²) < 4.78 is 20.3. The smallest absolute Gasteiger partial charge is 0.313 e. The minimum absolute atomic E-state index is 0.102. The Morgan fingerprint density at radius 3 is 2.90 bits per heavy atom. The zero-order valence-corrected chi connectivity index (χ0v) is 11.8. The molecule has 1 aromatic heterocycles. The first kappa shape index (κ1) is 14.4. The number of imidazole rings is 1. The van der Waals surface area contributed by atoms with Crippen molar-refractivity contribution in [2.24, 2.45) is 0 Å². The van der Waals surface area contributed by atoms with Gasteiger partial charge in [-0.15, -0.1) is 0 Å². The van der Waals surface area contributed by atoms with Gasteiger partial charge in [-0.25, -0.2) is 9.37 Å². The molecule has 2 rings (SSSR count). The van der Waals surface area contributed by atoms with Crippen molar-refractivity contribution in [2.75, 3.05) is 12.9 Å². The molecule has 2 aromatic rings. The fraction of sp³-hybridized carbons (Fsp3) is 0.231. The van der Waals surface area contributed by atoms with E-state index in [2.05, 4.69) is 4.98 Å². The number of aromatic nitrogens is 2. The molecule has 0 bridgehead atoms. The number of hydrogen-bond donors (Lipinski definition) is 1. The third-order valence-electron chi connectivity index (χ3n) is 2.53. The molecule has 0 aliphatic rings. The fourth-order valence-electron chi connectivity index (χ4n) is 1.69. The van der Waals surface area contributed by atoms with Crippen LogP contribution in [0.15, 0.2) is 29.6 Å². The summed E-state index contributed by atoms with van der Waals surface area (Å²) in [6.07, 6.45) is 1.73. The minimum Gasteiger partial charge on any atom is -0.494 e. The van der Waals surface area contributed by atoms with Gasteiger partial charge in [-0.05, 0) is 19.1 Å². The third kappa shape index (κ3) is 3.11. The number of thioether (sulfide) groups is 1. The molecule has 1 aromatic carbocycles. The van der Waals surface area contributed by atoms with E-state index >= 15 is 0 Å². The largest absolute Gasteiger partial charge is 0.494 e. The van der Waals surface area contributed by atoms with Crippen LogP contribution in [0.25, 0.3) is 5.69 Å². The van der Waals surface area contributed by atoms with Gasteiger partial charge in [0.15, 0.2) is 16.7 Å². The van der Waals surface area contributed by atoms with E-state index in [-0.39, 0.29) is 11.5 Å². The Hall–Kier alpha value is -2.02. The molecule has 7 heteroatoms. The van der Waals surface area contributed by atoms with Gasteiger partial charge in [-0.2, -0.15) is 0 Å². The van der Waals surface area contributed by atoms with Crippen LogP contribution in [0.4, 0.5) is 4.39 Å². The molecule has 5 nitrogen and oxygen atoms in total. The van der Waals surface area contributed by atoms with Crippen LogP contribution >= 0.6 is 11.8 Å². The van der Waals surface area contributed by atoms with Gasteiger partial charge in [0.05, 0.1) is 24.2 Å². The van der Waals surface area contributed by atoms with Gasteiger partial charge in [0.1, 0.15) is 0 Å². The van der Waals surface area contributed by atoms with Crippen LogP contribution in [-0.4, -0.2) is 33.5 Å². The van der Waals surface area contributed by atoms with Gasteiger partial charge in [0.2, 0.25) is 0 Å². The molecule has 0 saturated carbocycles. The Labute approximate surface area is 119 Å². The fourth-order valence-corrected chi connectivity index (χ4v) is 2.45. The molecule has 0 atom stereocenters. The van der Waals surface area contributed by atoms with Crippen LogP contribution < -0.4 is 4.74 Å². The predicted molar refractivity (Wildman–Crippen MR) is 73.2 cm³/mol. The molecule has 1 heterocycles. The van der Waals surface area contributed by atoms with E-state index in [1.807, 2.05) is 0 Å². The highest BCUT2D eigenvalue weighted by molar-refractivity contribution is 7.99. The van der Waals surface area contributed by atoms with Crippen molar-refractivity contribution >= 4 is 17.7 Å². The maximum absolute atomic E-state index is 13.7. The van der Waals surface area contributed by atoms with Crippen molar-refractivity contribution in [3.63, 3.8) is 0 Å². The number of carboxylic acids is 1. The van der Waals surface area contributed by atoms with Crippen molar-refractivity contribution in [3.05, 3.63) is 35.9 Å². The zero-order chi connectivity index (χ0) is 14.7. The van der Waals surface area contributed by atoms with Crippen LogP contribution in [0.1, 0.15) is 5.69 Å². The molecule has 106 valence electrons. The summed E-state index contributed by atoms with van der Waals surface area (Å²) >= 11 is 1.09. The lowest BCUT2D eigenvalue weighted by Crippen LogP contribution is -2.02. The molecule has 0 aliphatic heterocycles. The summed E-state index contributed by atoms with van der Waals surface area (Å²) in [4.78, 5) is 14.9. The van der Waals surface area contributed by atoms with Gasteiger partial charge in [-0.3, -0.25) is 9.36 Å². The van der Waals surface area contributed by atoms with Gasteiger partial charge >= 0.3 is 5.97 Å². The van der Waals surface area contributed by atoms with E-state index in [4.69, 9.17) is 9.84 Å². The Balaban J connectivity index is 2.36. The van der Waals surface area contributed by atoms with E-state index in [9.17, 15) is 9.18 Å². The number of halogens is 1. The molecule has 0 spiro atoms. The Morgan fingerprint density at radius 2 is 2.30 bits per heavy atom. The van der Waals surface area contributed by atoms with Crippen LogP contribution in [0, 0.1) is 12.7 Å². The standard InChI is InChI=1S/C13H13FN2O3S/c1-8-6-16(13(15-8)20-7-12(17)18)9-3-4-11(19-2)10(14)5-9/h3-6H,7H2,1-2H3,(H,17,18). The van der Waals surface area contributed by atoms with E-state index < -0.39 is 11.8 Å². The van der Waals surface area contributed by atoms with Crippen molar-refractivity contribution in [3.8, 4) is 11.4 Å². The number of ether oxygens (including phenoxy) is 1. The highest BCUT2D eigenvalue weighted by atomic mass is 32.2. The number of aryl methyl sites for hydroxylation is 1. The molecule has 0 fully saturated rings. The maximum Gasteiger partial charge on any atom is 0.313 e. The Bertz CT molecular complexity index is 643. The number of hydrogen-bond acceptors (Lipinski definition) is 4. The van der Waals surface area contributed by atoms with E-state index in [0.29, 0.717) is 10.8 Å². The lowest BCUT2D eigenvalue weighted by Gasteiger charge is -2.08. The van der Waals surface area contributed by atoms with Crippen LogP contribution in [0.3, 0.4) is 0 Å². The number of carbonyl (C=O) groups is 1. The average Bonchev–Trinajstić information content (AvgIpc) is 2.77. The quantitative estimate of drug-likeness (QED) is 0.859. The Morgan fingerprint density at radius 1 is 1.55 bits per heavy atom. The maximum atomic E-state index is 13.7. The second kappa shape index (κ2) is 5.96. The van der Waals surface area contributed by atoms with Crippen LogP contribution in [0.5, 0.6) is 5.75 Å². The number of carboxylic acid groups (broad SMARTS) is 1.